The van der Waals surface area contributed by atoms with Crippen LogP contribution in [0.4, 0.5) is 0 Å². The molecule has 1 saturated heterocycles. The highest BCUT2D eigenvalue weighted by molar-refractivity contribution is 5.82. The Balaban J connectivity index is 1.55. The van der Waals surface area contributed by atoms with E-state index in [9.17, 15) is 4.79 Å². The van der Waals surface area contributed by atoms with E-state index in [1.165, 1.54) is 5.56 Å². The Labute approximate surface area is 127 Å². The van der Waals surface area contributed by atoms with Gasteiger partial charge in [-0.25, -0.2) is 0 Å². The van der Waals surface area contributed by atoms with E-state index in [4.69, 9.17) is 0 Å². The van der Waals surface area contributed by atoms with Crippen molar-refractivity contribution in [2.45, 2.75) is 38.5 Å². The maximum atomic E-state index is 12.4. The summed E-state index contributed by atoms with van der Waals surface area (Å²) in [5, 5.41) is 6.58. The van der Waals surface area contributed by atoms with E-state index in [2.05, 4.69) is 48.7 Å². The number of benzene rings is 1. The maximum Gasteiger partial charge on any atom is 0.223 e. The van der Waals surface area contributed by atoms with E-state index in [0.717, 1.165) is 32.4 Å². The molecule has 21 heavy (non-hydrogen) atoms. The Morgan fingerprint density at radius 2 is 1.95 bits per heavy atom. The molecule has 3 heteroatoms. The zero-order valence-electron chi connectivity index (χ0n) is 13.1. The topological polar surface area (TPSA) is 41.1 Å². The van der Waals surface area contributed by atoms with Gasteiger partial charge in [-0.3, -0.25) is 4.79 Å². The van der Waals surface area contributed by atoms with Crippen molar-refractivity contribution < 1.29 is 4.79 Å². The van der Waals surface area contributed by atoms with Gasteiger partial charge in [0.05, 0.1) is 0 Å². The molecule has 114 valence electrons. The first-order chi connectivity index (χ1) is 10.0. The predicted molar refractivity (Wildman–Crippen MR) is 85.1 cm³/mol. The molecule has 1 aromatic carbocycles. The summed E-state index contributed by atoms with van der Waals surface area (Å²) >= 11 is 0. The van der Waals surface area contributed by atoms with Crippen molar-refractivity contribution in [2.24, 2.45) is 11.3 Å². The number of hydrogen-bond acceptors (Lipinski definition) is 2. The molecule has 3 rings (SSSR count). The van der Waals surface area contributed by atoms with Gasteiger partial charge >= 0.3 is 0 Å². The highest BCUT2D eigenvalue weighted by Gasteiger charge is 2.57. The molecular weight excluding hydrogens is 260 g/mol. The summed E-state index contributed by atoms with van der Waals surface area (Å²) in [6.45, 7) is 7.23. The Hall–Kier alpha value is -1.35. The van der Waals surface area contributed by atoms with Crippen LogP contribution in [-0.2, 0) is 10.2 Å². The smallest absolute Gasteiger partial charge is 0.223 e. The van der Waals surface area contributed by atoms with E-state index in [0.29, 0.717) is 12.0 Å². The molecule has 1 unspecified atom stereocenters. The zero-order chi connectivity index (χ0) is 14.9. The molecule has 3 nitrogen and oxygen atoms in total. The van der Waals surface area contributed by atoms with Gasteiger partial charge in [0.2, 0.25) is 5.91 Å². The molecule has 2 aliphatic rings. The SMILES string of the molecule is CC(C)(CNC(=O)C1CC12CCNCC2)c1ccccc1. The number of carbonyl (C=O) groups is 1. The predicted octanol–water partition coefficient (Wildman–Crippen LogP) is 2.47. The third-order valence-corrected chi connectivity index (χ3v) is 5.37. The molecule has 1 aliphatic heterocycles. The molecule has 0 radical (unpaired) electrons. The molecule has 1 aromatic rings. The molecule has 1 atom stereocenters. The van der Waals surface area contributed by atoms with E-state index in [1.54, 1.807) is 0 Å². The summed E-state index contributed by atoms with van der Waals surface area (Å²) in [6, 6.07) is 10.4. The van der Waals surface area contributed by atoms with Crippen molar-refractivity contribution in [1.82, 2.24) is 10.6 Å². The van der Waals surface area contributed by atoms with Gasteiger partial charge in [-0.1, -0.05) is 44.2 Å². The van der Waals surface area contributed by atoms with Crippen LogP contribution >= 0.6 is 0 Å². The first-order valence-electron chi connectivity index (χ1n) is 8.08. The minimum atomic E-state index is -0.0207. The van der Waals surface area contributed by atoms with Gasteiger partial charge in [0, 0.05) is 17.9 Å². The van der Waals surface area contributed by atoms with Gasteiger partial charge in [-0.15, -0.1) is 0 Å². The Bertz CT molecular complexity index is 503. The molecule has 1 aliphatic carbocycles. The Kier molecular flexibility index (Phi) is 3.78. The molecule has 2 N–H and O–H groups in total. The third kappa shape index (κ3) is 2.98. The van der Waals surface area contributed by atoms with E-state index in [1.807, 2.05) is 6.07 Å². The van der Waals surface area contributed by atoms with E-state index >= 15 is 0 Å². The molecule has 2 fully saturated rings. The quantitative estimate of drug-likeness (QED) is 0.893. The normalized spacial score (nSPS) is 23.8. The maximum absolute atomic E-state index is 12.4. The molecule has 1 amide bonds. The minimum absolute atomic E-state index is 0.0207. The van der Waals surface area contributed by atoms with Gasteiger partial charge in [-0.05, 0) is 43.3 Å². The number of amides is 1. The first kappa shape index (κ1) is 14.6. The lowest BCUT2D eigenvalue weighted by Gasteiger charge is -2.27. The van der Waals surface area contributed by atoms with E-state index in [-0.39, 0.29) is 17.2 Å². The fraction of sp³-hybridized carbons (Fsp3) is 0.611. The summed E-state index contributed by atoms with van der Waals surface area (Å²) in [5.74, 6) is 0.520. The van der Waals surface area contributed by atoms with Crippen LogP contribution in [0.25, 0.3) is 0 Å². The van der Waals surface area contributed by atoms with Gasteiger partial charge in [0.1, 0.15) is 0 Å². The fourth-order valence-electron chi connectivity index (χ4n) is 3.62. The van der Waals surface area contributed by atoms with Crippen LogP contribution in [0, 0.1) is 11.3 Å². The summed E-state index contributed by atoms with van der Waals surface area (Å²) in [7, 11) is 0. The largest absolute Gasteiger partial charge is 0.355 e. The fourth-order valence-corrected chi connectivity index (χ4v) is 3.62. The first-order valence-corrected chi connectivity index (χ1v) is 8.08. The lowest BCUT2D eigenvalue weighted by molar-refractivity contribution is -0.123. The van der Waals surface area contributed by atoms with Crippen molar-refractivity contribution in [2.75, 3.05) is 19.6 Å². The van der Waals surface area contributed by atoms with E-state index < -0.39 is 0 Å². The number of rotatable bonds is 4. The van der Waals surface area contributed by atoms with Crippen molar-refractivity contribution in [1.29, 1.82) is 0 Å². The lowest BCUT2D eigenvalue weighted by Crippen LogP contribution is -2.39. The lowest BCUT2D eigenvalue weighted by atomic mass is 9.84. The van der Waals surface area contributed by atoms with Crippen LogP contribution < -0.4 is 10.6 Å². The second kappa shape index (κ2) is 5.45. The minimum Gasteiger partial charge on any atom is -0.355 e. The summed E-state index contributed by atoms with van der Waals surface area (Å²) in [5.41, 5.74) is 1.58. The highest BCUT2D eigenvalue weighted by atomic mass is 16.2. The second-order valence-electron chi connectivity index (χ2n) is 7.34. The monoisotopic (exact) mass is 286 g/mol. The molecular formula is C18H26N2O. The average molecular weight is 286 g/mol. The average Bonchev–Trinajstić information content (AvgIpc) is 3.20. The highest BCUT2D eigenvalue weighted by Crippen LogP contribution is 2.58. The molecule has 1 saturated carbocycles. The second-order valence-corrected chi connectivity index (χ2v) is 7.34. The van der Waals surface area contributed by atoms with Crippen LogP contribution in [0.1, 0.15) is 38.7 Å². The van der Waals surface area contributed by atoms with Crippen molar-refractivity contribution in [3.8, 4) is 0 Å². The summed E-state index contributed by atoms with van der Waals surface area (Å²) in [4.78, 5) is 12.4. The standard InChI is InChI=1S/C18H26N2O/c1-17(2,14-6-4-3-5-7-14)13-20-16(21)15-12-18(15)8-10-19-11-9-18/h3-7,15,19H,8-13H2,1-2H3,(H,20,21). The number of carbonyl (C=O) groups excluding carboxylic acids is 1. The third-order valence-electron chi connectivity index (χ3n) is 5.37. The Morgan fingerprint density at radius 3 is 2.62 bits per heavy atom. The van der Waals surface area contributed by atoms with Crippen LogP contribution in [-0.4, -0.2) is 25.5 Å². The number of nitrogens with one attached hydrogen (secondary N) is 2. The van der Waals surface area contributed by atoms with Crippen LogP contribution in [0.15, 0.2) is 30.3 Å². The Morgan fingerprint density at radius 1 is 1.29 bits per heavy atom. The zero-order valence-corrected chi connectivity index (χ0v) is 13.1. The van der Waals surface area contributed by atoms with Gasteiger partial charge < -0.3 is 10.6 Å². The molecule has 0 aromatic heterocycles. The molecule has 1 heterocycles. The van der Waals surface area contributed by atoms with Crippen molar-refractivity contribution >= 4 is 5.91 Å². The van der Waals surface area contributed by atoms with Crippen LogP contribution in [0.5, 0.6) is 0 Å². The molecule has 0 bridgehead atoms. The molecule has 1 spiro atoms. The summed E-state index contributed by atoms with van der Waals surface area (Å²) < 4.78 is 0. The van der Waals surface area contributed by atoms with Gasteiger partial charge in [0.15, 0.2) is 0 Å². The van der Waals surface area contributed by atoms with Crippen molar-refractivity contribution in [3.05, 3.63) is 35.9 Å². The van der Waals surface area contributed by atoms with Gasteiger partial charge in [0.25, 0.3) is 0 Å². The van der Waals surface area contributed by atoms with Crippen molar-refractivity contribution in [3.63, 3.8) is 0 Å². The van der Waals surface area contributed by atoms with Crippen LogP contribution in [0.3, 0.4) is 0 Å². The number of hydrogen-bond donors (Lipinski definition) is 2. The number of piperidine rings is 1. The summed E-state index contributed by atoms with van der Waals surface area (Å²) in [6.07, 6.45) is 3.41. The van der Waals surface area contributed by atoms with Gasteiger partial charge in [-0.2, -0.15) is 0 Å². The van der Waals surface area contributed by atoms with Crippen LogP contribution in [0.2, 0.25) is 0 Å².